The van der Waals surface area contributed by atoms with Crippen LogP contribution < -0.4 is 15.4 Å². The molecular formula is C22H21N7O. The topological polar surface area (TPSA) is 80.0 Å². The summed E-state index contributed by atoms with van der Waals surface area (Å²) in [5.41, 5.74) is 2.47. The molecule has 0 radical (unpaired) electrons. The number of piperazine rings is 1. The summed E-state index contributed by atoms with van der Waals surface area (Å²) in [4.78, 5) is 25.9. The molecule has 0 atom stereocenters. The van der Waals surface area contributed by atoms with E-state index >= 15 is 0 Å². The Morgan fingerprint density at radius 3 is 2.40 bits per heavy atom. The van der Waals surface area contributed by atoms with E-state index < -0.39 is 0 Å². The van der Waals surface area contributed by atoms with Gasteiger partial charge >= 0.3 is 0 Å². The van der Waals surface area contributed by atoms with E-state index in [0.29, 0.717) is 11.3 Å². The predicted molar refractivity (Wildman–Crippen MR) is 117 cm³/mol. The van der Waals surface area contributed by atoms with Gasteiger partial charge in [0.05, 0.1) is 16.6 Å². The number of hydrogen-bond acceptors (Lipinski definition) is 7. The van der Waals surface area contributed by atoms with Crippen molar-refractivity contribution in [1.29, 1.82) is 0 Å². The molecule has 8 heteroatoms. The van der Waals surface area contributed by atoms with Crippen LogP contribution in [0.1, 0.15) is 0 Å². The molecule has 4 heterocycles. The molecule has 1 aliphatic rings. The van der Waals surface area contributed by atoms with E-state index in [0.717, 1.165) is 48.8 Å². The number of aromatic nitrogens is 5. The van der Waals surface area contributed by atoms with Crippen LogP contribution in [-0.2, 0) is 7.05 Å². The highest BCUT2D eigenvalue weighted by atomic mass is 16.1. The molecule has 0 aliphatic carbocycles. The Balaban J connectivity index is 1.33. The first-order chi connectivity index (χ1) is 14.7. The Bertz CT molecular complexity index is 1230. The zero-order chi connectivity index (χ0) is 20.5. The van der Waals surface area contributed by atoms with E-state index in [9.17, 15) is 4.79 Å². The highest BCUT2D eigenvalue weighted by Gasteiger charge is 2.22. The molecule has 0 saturated carbocycles. The van der Waals surface area contributed by atoms with Gasteiger partial charge in [0.1, 0.15) is 0 Å². The van der Waals surface area contributed by atoms with E-state index in [-0.39, 0.29) is 5.56 Å². The quantitative estimate of drug-likeness (QED) is 0.522. The SMILES string of the molecule is Cn1c(N2CCN(c3ccc(-c4cccnc4)nn3)CC2)nc2ccccc2c1=O. The molecule has 0 N–H and O–H groups in total. The zero-order valence-corrected chi connectivity index (χ0v) is 16.6. The van der Waals surface area contributed by atoms with Gasteiger partial charge in [-0.3, -0.25) is 14.3 Å². The van der Waals surface area contributed by atoms with Crippen LogP contribution in [0.25, 0.3) is 22.2 Å². The number of fused-ring (bicyclic) bond motifs is 1. The minimum absolute atomic E-state index is 0.0186. The first-order valence-corrected chi connectivity index (χ1v) is 9.90. The molecule has 1 aromatic carbocycles. The fourth-order valence-electron chi connectivity index (χ4n) is 3.79. The van der Waals surface area contributed by atoms with Crippen LogP contribution in [0.2, 0.25) is 0 Å². The van der Waals surface area contributed by atoms with Crippen molar-refractivity contribution in [3.8, 4) is 11.3 Å². The summed E-state index contributed by atoms with van der Waals surface area (Å²) in [5.74, 6) is 1.55. The van der Waals surface area contributed by atoms with Gasteiger partial charge in [0, 0.05) is 51.2 Å². The number of rotatable bonds is 3. The maximum absolute atomic E-state index is 12.7. The highest BCUT2D eigenvalue weighted by molar-refractivity contribution is 5.78. The number of para-hydroxylation sites is 1. The smallest absolute Gasteiger partial charge is 0.262 e. The lowest BCUT2D eigenvalue weighted by atomic mass is 10.2. The lowest BCUT2D eigenvalue weighted by Crippen LogP contribution is -2.48. The van der Waals surface area contributed by atoms with Gasteiger partial charge in [-0.15, -0.1) is 10.2 Å². The van der Waals surface area contributed by atoms with E-state index in [4.69, 9.17) is 4.98 Å². The van der Waals surface area contributed by atoms with Crippen molar-refractivity contribution < 1.29 is 0 Å². The van der Waals surface area contributed by atoms with Gasteiger partial charge in [-0.05, 0) is 36.4 Å². The maximum Gasteiger partial charge on any atom is 0.262 e. The fraction of sp³-hybridized carbons (Fsp3) is 0.227. The van der Waals surface area contributed by atoms with Crippen LogP contribution >= 0.6 is 0 Å². The zero-order valence-electron chi connectivity index (χ0n) is 16.6. The number of pyridine rings is 1. The van der Waals surface area contributed by atoms with Gasteiger partial charge in [-0.25, -0.2) is 4.98 Å². The number of nitrogens with zero attached hydrogens (tertiary/aromatic N) is 7. The molecule has 0 amide bonds. The molecule has 0 bridgehead atoms. The van der Waals surface area contributed by atoms with Crippen LogP contribution in [0.3, 0.4) is 0 Å². The second-order valence-corrected chi connectivity index (χ2v) is 7.29. The van der Waals surface area contributed by atoms with Crippen molar-refractivity contribution in [2.45, 2.75) is 0 Å². The van der Waals surface area contributed by atoms with Crippen LogP contribution in [-0.4, -0.2) is 50.9 Å². The Morgan fingerprint density at radius 1 is 0.867 bits per heavy atom. The highest BCUT2D eigenvalue weighted by Crippen LogP contribution is 2.20. The average Bonchev–Trinajstić information content (AvgIpc) is 2.82. The van der Waals surface area contributed by atoms with Gasteiger partial charge in [0.15, 0.2) is 5.82 Å². The Labute approximate surface area is 173 Å². The average molecular weight is 399 g/mol. The standard InChI is InChI=1S/C22H21N7O/c1-27-21(30)17-6-2-3-7-19(17)24-22(27)29-13-11-28(12-14-29)20-9-8-18(25-26-20)16-5-4-10-23-15-16/h2-10,15H,11-14H2,1H3. The Kier molecular flexibility index (Phi) is 4.59. The molecule has 150 valence electrons. The molecule has 8 nitrogen and oxygen atoms in total. The molecule has 1 aliphatic heterocycles. The second kappa shape index (κ2) is 7.55. The van der Waals surface area contributed by atoms with Crippen molar-refractivity contribution in [2.75, 3.05) is 36.0 Å². The summed E-state index contributed by atoms with van der Waals surface area (Å²) in [6, 6.07) is 15.3. The summed E-state index contributed by atoms with van der Waals surface area (Å²) in [7, 11) is 1.78. The molecule has 1 saturated heterocycles. The van der Waals surface area contributed by atoms with E-state index in [1.54, 1.807) is 24.0 Å². The second-order valence-electron chi connectivity index (χ2n) is 7.29. The number of hydrogen-bond donors (Lipinski definition) is 0. The normalized spacial score (nSPS) is 14.3. The van der Waals surface area contributed by atoms with Crippen molar-refractivity contribution in [3.05, 3.63) is 71.3 Å². The van der Waals surface area contributed by atoms with Crippen molar-refractivity contribution in [2.24, 2.45) is 7.05 Å². The lowest BCUT2D eigenvalue weighted by Gasteiger charge is -2.36. The Morgan fingerprint density at radius 2 is 1.67 bits per heavy atom. The van der Waals surface area contributed by atoms with E-state index in [1.165, 1.54) is 0 Å². The first kappa shape index (κ1) is 18.2. The maximum atomic E-state index is 12.7. The summed E-state index contributed by atoms with van der Waals surface area (Å²) < 4.78 is 1.64. The van der Waals surface area contributed by atoms with Crippen LogP contribution in [0.5, 0.6) is 0 Å². The third-order valence-electron chi connectivity index (χ3n) is 5.45. The van der Waals surface area contributed by atoms with Gasteiger partial charge in [-0.2, -0.15) is 0 Å². The Hall–Kier alpha value is -3.81. The van der Waals surface area contributed by atoms with Gasteiger partial charge < -0.3 is 9.80 Å². The van der Waals surface area contributed by atoms with Crippen molar-refractivity contribution in [3.63, 3.8) is 0 Å². The summed E-state index contributed by atoms with van der Waals surface area (Å²) in [6.45, 7) is 3.07. The minimum Gasteiger partial charge on any atom is -0.352 e. The van der Waals surface area contributed by atoms with Gasteiger partial charge in [0.25, 0.3) is 5.56 Å². The number of benzene rings is 1. The van der Waals surface area contributed by atoms with E-state index in [2.05, 4.69) is 25.0 Å². The van der Waals surface area contributed by atoms with E-state index in [1.807, 2.05) is 48.5 Å². The monoisotopic (exact) mass is 399 g/mol. The molecule has 5 rings (SSSR count). The molecule has 0 unspecified atom stereocenters. The minimum atomic E-state index is -0.0186. The molecule has 4 aromatic rings. The van der Waals surface area contributed by atoms with Crippen LogP contribution in [0.15, 0.2) is 65.7 Å². The molecule has 30 heavy (non-hydrogen) atoms. The fourth-order valence-corrected chi connectivity index (χ4v) is 3.79. The van der Waals surface area contributed by atoms with Gasteiger partial charge in [0.2, 0.25) is 5.95 Å². The van der Waals surface area contributed by atoms with Crippen LogP contribution in [0, 0.1) is 0 Å². The number of anilines is 2. The predicted octanol–water partition coefficient (Wildman–Crippen LogP) is 2.11. The summed E-state index contributed by atoms with van der Waals surface area (Å²) >= 11 is 0. The summed E-state index contributed by atoms with van der Waals surface area (Å²) in [5, 5.41) is 9.41. The van der Waals surface area contributed by atoms with Crippen molar-refractivity contribution >= 4 is 22.7 Å². The third kappa shape index (κ3) is 3.26. The van der Waals surface area contributed by atoms with Crippen molar-refractivity contribution in [1.82, 2.24) is 24.7 Å². The largest absolute Gasteiger partial charge is 0.352 e. The third-order valence-corrected chi connectivity index (χ3v) is 5.45. The lowest BCUT2D eigenvalue weighted by molar-refractivity contribution is 0.616. The summed E-state index contributed by atoms with van der Waals surface area (Å²) in [6.07, 6.45) is 3.52. The molecule has 0 spiro atoms. The molecular weight excluding hydrogens is 378 g/mol. The molecule has 3 aromatic heterocycles. The molecule has 1 fully saturated rings. The first-order valence-electron chi connectivity index (χ1n) is 9.90. The van der Waals surface area contributed by atoms with Gasteiger partial charge in [-0.1, -0.05) is 12.1 Å². The van der Waals surface area contributed by atoms with Crippen LogP contribution in [0.4, 0.5) is 11.8 Å².